The van der Waals surface area contributed by atoms with Crippen LogP contribution in [0.2, 0.25) is 0 Å². The van der Waals surface area contributed by atoms with Crippen molar-refractivity contribution in [2.45, 2.75) is 32.1 Å². The fraction of sp³-hybridized carbons (Fsp3) is 0.259. The Kier molecular flexibility index (Phi) is 8.95. The number of hydrogen-bond donors (Lipinski definition) is 1. The number of aldehydes is 1. The molecule has 0 aromatic heterocycles. The predicted octanol–water partition coefficient (Wildman–Crippen LogP) is 3.98. The molecule has 0 atom stereocenters. The molecule has 1 aliphatic heterocycles. The maximum Gasteiger partial charge on any atom is 0.234 e. The van der Waals surface area contributed by atoms with Crippen LogP contribution < -0.4 is 19.7 Å². The van der Waals surface area contributed by atoms with Gasteiger partial charge in [0.1, 0.15) is 31.0 Å². The summed E-state index contributed by atoms with van der Waals surface area (Å²) in [5, 5.41) is 2.77. The zero-order chi connectivity index (χ0) is 25.2. The molecule has 0 radical (unpaired) electrons. The molecule has 8 nitrogen and oxygen atoms in total. The summed E-state index contributed by atoms with van der Waals surface area (Å²) in [5.41, 5.74) is 2.73. The fourth-order valence-electron chi connectivity index (χ4n) is 3.65. The molecule has 2 aromatic carbocycles. The van der Waals surface area contributed by atoms with Crippen molar-refractivity contribution in [3.05, 3.63) is 72.8 Å². The Labute approximate surface area is 204 Å². The van der Waals surface area contributed by atoms with E-state index < -0.39 is 0 Å². The number of nitrogens with one attached hydrogen (secondary N) is 1. The first-order chi connectivity index (χ1) is 17.0. The van der Waals surface area contributed by atoms with E-state index >= 15 is 0 Å². The topological polar surface area (TPSA) is 102 Å². The summed E-state index contributed by atoms with van der Waals surface area (Å²) in [5.74, 6) is 0.129. The lowest BCUT2D eigenvalue weighted by atomic mass is 10.0. The van der Waals surface area contributed by atoms with Crippen molar-refractivity contribution in [3.63, 3.8) is 0 Å². The van der Waals surface area contributed by atoms with Crippen LogP contribution in [0.25, 0.3) is 0 Å². The molecule has 8 heteroatoms. The second-order valence-electron chi connectivity index (χ2n) is 7.89. The van der Waals surface area contributed by atoms with Crippen molar-refractivity contribution in [3.8, 4) is 11.5 Å². The van der Waals surface area contributed by atoms with Gasteiger partial charge in [-0.2, -0.15) is 0 Å². The Bertz CT molecular complexity index is 1120. The van der Waals surface area contributed by atoms with E-state index in [1.54, 1.807) is 30.4 Å². The molecule has 35 heavy (non-hydrogen) atoms. The van der Waals surface area contributed by atoms with Crippen molar-refractivity contribution in [2.75, 3.05) is 23.4 Å². The molecule has 3 rings (SSSR count). The van der Waals surface area contributed by atoms with Crippen LogP contribution in [0.1, 0.15) is 36.8 Å². The zero-order valence-corrected chi connectivity index (χ0v) is 19.5. The molecule has 1 aliphatic rings. The third kappa shape index (κ3) is 6.66. The number of benzene rings is 2. The molecule has 1 saturated heterocycles. The van der Waals surface area contributed by atoms with Gasteiger partial charge in [0.2, 0.25) is 17.7 Å². The molecule has 0 spiro atoms. The number of rotatable bonds is 13. The molecule has 3 amide bonds. The number of amides is 3. The van der Waals surface area contributed by atoms with Gasteiger partial charge in [0.05, 0.1) is 11.4 Å². The summed E-state index contributed by atoms with van der Waals surface area (Å²) < 4.78 is 11.5. The summed E-state index contributed by atoms with van der Waals surface area (Å²) in [6.45, 7) is 7.80. The van der Waals surface area contributed by atoms with Crippen molar-refractivity contribution in [2.24, 2.45) is 0 Å². The van der Waals surface area contributed by atoms with Crippen LogP contribution in [0.3, 0.4) is 0 Å². The standard InChI is InChI=1S/C27H28N2O6/c1-3-14-34-23-17-19(7-9-21(23)28-25(31)6-5-13-30)16-20-8-10-22(24(18-20)35-15-4-2)29-26(32)11-12-27(29)33/h3-4,7-10,13,17-18H,1-2,5-6,11-12,14-16H2,(H,28,31). The molecule has 0 unspecified atom stereocenters. The molecule has 1 N–H and O–H groups in total. The van der Waals surface area contributed by atoms with E-state index in [4.69, 9.17) is 9.47 Å². The third-order valence-corrected chi connectivity index (χ3v) is 5.25. The molecule has 182 valence electrons. The van der Waals surface area contributed by atoms with E-state index in [2.05, 4.69) is 18.5 Å². The van der Waals surface area contributed by atoms with E-state index in [-0.39, 0.29) is 56.6 Å². The molecule has 0 aliphatic carbocycles. The Morgan fingerprint density at radius 1 is 0.943 bits per heavy atom. The lowest BCUT2D eigenvalue weighted by molar-refractivity contribution is -0.121. The molecule has 1 heterocycles. The average molecular weight is 477 g/mol. The molecule has 1 fully saturated rings. The van der Waals surface area contributed by atoms with Gasteiger partial charge in [0.15, 0.2) is 0 Å². The highest BCUT2D eigenvalue weighted by molar-refractivity contribution is 6.20. The highest BCUT2D eigenvalue weighted by Gasteiger charge is 2.32. The third-order valence-electron chi connectivity index (χ3n) is 5.25. The summed E-state index contributed by atoms with van der Waals surface area (Å²) in [7, 11) is 0. The number of nitrogens with zero attached hydrogens (tertiary/aromatic N) is 1. The highest BCUT2D eigenvalue weighted by Crippen LogP contribution is 2.34. The summed E-state index contributed by atoms with van der Waals surface area (Å²) in [4.78, 5) is 48.2. The van der Waals surface area contributed by atoms with E-state index in [1.165, 1.54) is 4.90 Å². The number of carbonyl (C=O) groups excluding carboxylic acids is 4. The zero-order valence-electron chi connectivity index (χ0n) is 19.5. The first-order valence-corrected chi connectivity index (χ1v) is 11.3. The Morgan fingerprint density at radius 3 is 2.17 bits per heavy atom. The lowest BCUT2D eigenvalue weighted by Gasteiger charge is -2.19. The highest BCUT2D eigenvalue weighted by atomic mass is 16.5. The molecule has 0 saturated carbocycles. The van der Waals surface area contributed by atoms with Crippen LogP contribution in [0.4, 0.5) is 11.4 Å². The minimum atomic E-state index is -0.279. The van der Waals surface area contributed by atoms with Gasteiger partial charge in [-0.15, -0.1) is 0 Å². The number of anilines is 2. The Morgan fingerprint density at radius 2 is 1.54 bits per heavy atom. The predicted molar refractivity (Wildman–Crippen MR) is 133 cm³/mol. The number of hydrogen-bond acceptors (Lipinski definition) is 6. The minimum absolute atomic E-state index is 0.0913. The largest absolute Gasteiger partial charge is 0.487 e. The van der Waals surface area contributed by atoms with E-state index in [1.807, 2.05) is 18.2 Å². The molecule has 0 bridgehead atoms. The smallest absolute Gasteiger partial charge is 0.234 e. The van der Waals surface area contributed by atoms with Gasteiger partial charge in [-0.25, -0.2) is 4.90 Å². The van der Waals surface area contributed by atoms with Crippen LogP contribution in [-0.2, 0) is 25.6 Å². The van der Waals surface area contributed by atoms with E-state index in [9.17, 15) is 19.2 Å². The number of imide groups is 1. The fourth-order valence-corrected chi connectivity index (χ4v) is 3.65. The second kappa shape index (κ2) is 12.3. The van der Waals surface area contributed by atoms with Gasteiger partial charge >= 0.3 is 0 Å². The van der Waals surface area contributed by atoms with Gasteiger partial charge in [-0.1, -0.05) is 37.4 Å². The SMILES string of the molecule is C=CCOc1cc(Cc2ccc(N3C(=O)CCC3=O)c(OCC=C)c2)ccc1NC(=O)CCC=O. The van der Waals surface area contributed by atoms with Crippen LogP contribution in [0, 0.1) is 0 Å². The Balaban J connectivity index is 1.86. The van der Waals surface area contributed by atoms with Gasteiger partial charge in [-0.3, -0.25) is 14.4 Å². The van der Waals surface area contributed by atoms with Gasteiger partial charge in [0, 0.05) is 25.7 Å². The minimum Gasteiger partial charge on any atom is -0.487 e. The van der Waals surface area contributed by atoms with Crippen LogP contribution in [0.15, 0.2) is 61.7 Å². The Hall–Kier alpha value is -4.20. The molecule has 2 aromatic rings. The van der Waals surface area contributed by atoms with Crippen molar-refractivity contribution >= 4 is 35.4 Å². The van der Waals surface area contributed by atoms with Crippen molar-refractivity contribution < 1.29 is 28.7 Å². The summed E-state index contributed by atoms with van der Waals surface area (Å²) >= 11 is 0. The van der Waals surface area contributed by atoms with Gasteiger partial charge in [-0.05, 0) is 41.8 Å². The van der Waals surface area contributed by atoms with E-state index in [0.29, 0.717) is 35.6 Å². The van der Waals surface area contributed by atoms with E-state index in [0.717, 1.165) is 11.1 Å². The molecular formula is C27H28N2O6. The normalized spacial score (nSPS) is 12.9. The first-order valence-electron chi connectivity index (χ1n) is 11.3. The lowest BCUT2D eigenvalue weighted by Crippen LogP contribution is -2.29. The van der Waals surface area contributed by atoms with Crippen molar-refractivity contribution in [1.82, 2.24) is 0 Å². The van der Waals surface area contributed by atoms with Crippen LogP contribution in [-0.4, -0.2) is 37.2 Å². The van der Waals surface area contributed by atoms with Gasteiger partial charge < -0.3 is 19.6 Å². The summed E-state index contributed by atoms with van der Waals surface area (Å²) in [6.07, 6.45) is 5.02. The maximum atomic E-state index is 12.2. The molecular weight excluding hydrogens is 448 g/mol. The monoisotopic (exact) mass is 476 g/mol. The quantitative estimate of drug-likeness (QED) is 0.267. The van der Waals surface area contributed by atoms with Crippen LogP contribution >= 0.6 is 0 Å². The second-order valence-corrected chi connectivity index (χ2v) is 7.89. The maximum absolute atomic E-state index is 12.2. The van der Waals surface area contributed by atoms with Crippen molar-refractivity contribution in [1.29, 1.82) is 0 Å². The number of ether oxygens (including phenoxy) is 2. The van der Waals surface area contributed by atoms with Gasteiger partial charge in [0.25, 0.3) is 0 Å². The first kappa shape index (κ1) is 25.4. The van der Waals surface area contributed by atoms with Crippen LogP contribution in [0.5, 0.6) is 11.5 Å². The number of carbonyl (C=O) groups is 4. The summed E-state index contributed by atoms with van der Waals surface area (Å²) in [6, 6.07) is 10.8. The average Bonchev–Trinajstić information content (AvgIpc) is 3.19.